The topological polar surface area (TPSA) is 52.6 Å². The molecule has 0 N–H and O–H groups in total. The van der Waals surface area contributed by atoms with Gasteiger partial charge in [-0.3, -0.25) is 0 Å². The van der Waals surface area contributed by atoms with Crippen LogP contribution in [-0.4, -0.2) is 26.2 Å². The molecule has 1 fully saturated rings. The van der Waals surface area contributed by atoms with Crippen molar-refractivity contribution < 1.29 is 19.1 Å². The van der Waals surface area contributed by atoms with Gasteiger partial charge < -0.3 is 9.47 Å². The van der Waals surface area contributed by atoms with Crippen molar-refractivity contribution in [3.8, 4) is 0 Å². The van der Waals surface area contributed by atoms with E-state index in [4.69, 9.17) is 9.47 Å². The zero-order valence-corrected chi connectivity index (χ0v) is 18.6. The molecule has 0 saturated heterocycles. The lowest BCUT2D eigenvalue weighted by molar-refractivity contribution is -0.140. The first-order valence-electron chi connectivity index (χ1n) is 10.5. The normalized spacial score (nSPS) is 25.9. The monoisotopic (exact) mass is 432 g/mol. The van der Waals surface area contributed by atoms with Crippen LogP contribution >= 0.6 is 11.8 Å². The minimum atomic E-state index is -0.404. The Morgan fingerprint density at radius 1 is 0.839 bits per heavy atom. The summed E-state index contributed by atoms with van der Waals surface area (Å²) in [6.45, 7) is 2.08. The van der Waals surface area contributed by atoms with E-state index in [0.29, 0.717) is 11.1 Å². The zero-order valence-electron chi connectivity index (χ0n) is 17.8. The van der Waals surface area contributed by atoms with Crippen molar-refractivity contribution >= 4 is 29.3 Å². The molecule has 0 aliphatic heterocycles. The van der Waals surface area contributed by atoms with E-state index in [2.05, 4.69) is 43.3 Å². The number of benzene rings is 2. The maximum atomic E-state index is 12.7. The third-order valence-electron chi connectivity index (χ3n) is 6.84. The lowest BCUT2D eigenvalue weighted by Gasteiger charge is -2.45. The number of allylic oxidation sites excluding steroid dienone is 2. The van der Waals surface area contributed by atoms with Crippen LogP contribution in [0.1, 0.15) is 17.5 Å². The number of esters is 2. The van der Waals surface area contributed by atoms with Crippen LogP contribution < -0.4 is 0 Å². The highest BCUT2D eigenvalue weighted by Gasteiger charge is 2.63. The molecule has 1 saturated carbocycles. The van der Waals surface area contributed by atoms with Crippen LogP contribution in [0.2, 0.25) is 0 Å². The van der Waals surface area contributed by atoms with Gasteiger partial charge in [0.05, 0.1) is 25.4 Å². The zero-order chi connectivity index (χ0) is 21.7. The number of carbonyl (C=O) groups excluding carboxylic acids is 2. The molecule has 0 radical (unpaired) electrons. The van der Waals surface area contributed by atoms with Crippen LogP contribution in [0.5, 0.6) is 0 Å². The number of aryl methyl sites for hydroxylation is 1. The molecular weight excluding hydrogens is 408 g/mol. The van der Waals surface area contributed by atoms with Gasteiger partial charge in [-0.15, -0.1) is 0 Å². The van der Waals surface area contributed by atoms with Gasteiger partial charge in [0.15, 0.2) is 0 Å². The minimum absolute atomic E-state index is 0.00281. The fourth-order valence-electron chi connectivity index (χ4n) is 5.59. The molecule has 4 unspecified atom stereocenters. The van der Waals surface area contributed by atoms with Gasteiger partial charge in [-0.2, -0.15) is 0 Å². The molecule has 4 nitrogen and oxygen atoms in total. The van der Waals surface area contributed by atoms with Crippen LogP contribution in [-0.2, 0) is 19.1 Å². The van der Waals surface area contributed by atoms with E-state index in [1.807, 2.05) is 18.2 Å². The van der Waals surface area contributed by atoms with E-state index < -0.39 is 11.9 Å². The fourth-order valence-corrected chi connectivity index (χ4v) is 6.92. The second-order valence-electron chi connectivity index (χ2n) is 8.37. The fraction of sp³-hybridized carbons (Fsp3) is 0.308. The summed E-state index contributed by atoms with van der Waals surface area (Å²) in [6, 6.07) is 18.9. The molecule has 2 aromatic rings. The third kappa shape index (κ3) is 3.06. The highest BCUT2D eigenvalue weighted by Crippen LogP contribution is 2.70. The molecule has 158 valence electrons. The molecule has 31 heavy (non-hydrogen) atoms. The molecule has 0 spiro atoms. The molecule has 0 heterocycles. The first-order chi connectivity index (χ1) is 15.0. The average Bonchev–Trinajstić information content (AvgIpc) is 3.31. The number of carbonyl (C=O) groups is 2. The van der Waals surface area contributed by atoms with Crippen LogP contribution in [0.25, 0.3) is 5.57 Å². The van der Waals surface area contributed by atoms with Crippen molar-refractivity contribution in [3.63, 3.8) is 0 Å². The van der Waals surface area contributed by atoms with Crippen molar-refractivity contribution in [3.05, 3.63) is 81.8 Å². The molecule has 2 bridgehead atoms. The molecule has 5 heteroatoms. The summed E-state index contributed by atoms with van der Waals surface area (Å²) in [4.78, 5) is 27.8. The van der Waals surface area contributed by atoms with Crippen molar-refractivity contribution in [2.75, 3.05) is 14.2 Å². The molecule has 5 rings (SSSR count). The maximum absolute atomic E-state index is 12.7. The predicted octanol–water partition coefficient (Wildman–Crippen LogP) is 5.04. The minimum Gasteiger partial charge on any atom is -0.466 e. The van der Waals surface area contributed by atoms with Crippen LogP contribution in [0.15, 0.2) is 75.5 Å². The second kappa shape index (κ2) is 7.72. The van der Waals surface area contributed by atoms with Crippen LogP contribution in [0.4, 0.5) is 0 Å². The van der Waals surface area contributed by atoms with Crippen molar-refractivity contribution in [1.29, 1.82) is 0 Å². The highest BCUT2D eigenvalue weighted by molar-refractivity contribution is 8.03. The molecule has 3 aliphatic rings. The predicted molar refractivity (Wildman–Crippen MR) is 120 cm³/mol. The van der Waals surface area contributed by atoms with Crippen LogP contribution in [0, 0.1) is 30.6 Å². The quantitative estimate of drug-likeness (QED) is 0.620. The van der Waals surface area contributed by atoms with Crippen molar-refractivity contribution in [2.45, 2.75) is 18.2 Å². The summed E-state index contributed by atoms with van der Waals surface area (Å²) in [7, 11) is 2.75. The van der Waals surface area contributed by atoms with Crippen molar-refractivity contribution in [1.82, 2.24) is 0 Å². The van der Waals surface area contributed by atoms with E-state index in [0.717, 1.165) is 6.42 Å². The van der Waals surface area contributed by atoms with E-state index in [9.17, 15) is 9.59 Å². The molecule has 0 aromatic heterocycles. The summed E-state index contributed by atoms with van der Waals surface area (Å²) >= 11 is 1.78. The van der Waals surface area contributed by atoms with E-state index >= 15 is 0 Å². The van der Waals surface area contributed by atoms with Gasteiger partial charge in [0.25, 0.3) is 0 Å². The van der Waals surface area contributed by atoms with Crippen molar-refractivity contribution in [2.24, 2.45) is 23.7 Å². The number of hydrogen-bond acceptors (Lipinski definition) is 5. The number of fused-ring (bicyclic) bond motifs is 5. The SMILES string of the molecule is COC(=O)C1=C(C(=O)OC)C2CC1C1C(Sc3ccc(C)cc3)=C(c3ccccc3)C21. The first kappa shape index (κ1) is 20.1. The Hall–Kier alpha value is -2.79. The molecule has 0 amide bonds. The summed E-state index contributed by atoms with van der Waals surface area (Å²) in [5.41, 5.74) is 4.76. The number of rotatable bonds is 5. The standard InChI is InChI=1S/C26H24O4S/c1-14-9-11-16(12-10-14)31-24-19(15-7-5-4-6-8-15)20-17-13-18(21(20)24)23(26(28)30-3)22(17)25(27)29-2/h4-12,17-18,20-21H,13H2,1-3H3. The van der Waals surface area contributed by atoms with Gasteiger partial charge >= 0.3 is 11.9 Å². The summed E-state index contributed by atoms with van der Waals surface area (Å²) in [5, 5.41) is 0. The Labute approximate surface area is 186 Å². The molecule has 2 aromatic carbocycles. The molecule has 3 aliphatic carbocycles. The number of ether oxygens (including phenoxy) is 2. The summed E-state index contributed by atoms with van der Waals surface area (Å²) in [6.07, 6.45) is 0.790. The molecule has 4 atom stereocenters. The Morgan fingerprint density at radius 3 is 2.00 bits per heavy atom. The Bertz CT molecular complexity index is 1110. The second-order valence-corrected chi connectivity index (χ2v) is 9.49. The summed E-state index contributed by atoms with van der Waals surface area (Å²) in [5.74, 6) is -0.361. The lowest BCUT2D eigenvalue weighted by Crippen LogP contribution is -2.38. The number of hydrogen-bond donors (Lipinski definition) is 0. The highest BCUT2D eigenvalue weighted by atomic mass is 32.2. The van der Waals surface area contributed by atoms with E-state index in [1.165, 1.54) is 40.7 Å². The first-order valence-corrected chi connectivity index (χ1v) is 11.3. The number of methoxy groups -OCH3 is 2. The van der Waals surface area contributed by atoms with E-state index in [-0.39, 0.29) is 23.7 Å². The van der Waals surface area contributed by atoms with Gasteiger partial charge in [0.2, 0.25) is 0 Å². The van der Waals surface area contributed by atoms with E-state index in [1.54, 1.807) is 11.8 Å². The summed E-state index contributed by atoms with van der Waals surface area (Å²) < 4.78 is 10.1. The van der Waals surface area contributed by atoms with Gasteiger partial charge in [0, 0.05) is 22.6 Å². The van der Waals surface area contributed by atoms with Gasteiger partial charge in [-0.1, -0.05) is 59.8 Å². The Balaban J connectivity index is 1.60. The number of thioether (sulfide) groups is 1. The van der Waals surface area contributed by atoms with Gasteiger partial charge in [-0.25, -0.2) is 9.59 Å². The van der Waals surface area contributed by atoms with Crippen LogP contribution in [0.3, 0.4) is 0 Å². The average molecular weight is 433 g/mol. The maximum Gasteiger partial charge on any atom is 0.334 e. The Morgan fingerprint density at radius 2 is 1.42 bits per heavy atom. The molecular formula is C26H24O4S. The van der Waals surface area contributed by atoms with Gasteiger partial charge in [-0.05, 0) is 47.4 Å². The Kier molecular flexibility index (Phi) is 5.01. The lowest BCUT2D eigenvalue weighted by atomic mass is 9.63. The third-order valence-corrected chi connectivity index (χ3v) is 8.06. The smallest absolute Gasteiger partial charge is 0.334 e. The van der Waals surface area contributed by atoms with Gasteiger partial charge in [0.1, 0.15) is 0 Å². The largest absolute Gasteiger partial charge is 0.466 e.